The number of amides is 1. The molecule has 1 amide bonds. The summed E-state index contributed by atoms with van der Waals surface area (Å²) < 4.78 is 19.7. The van der Waals surface area contributed by atoms with Gasteiger partial charge in [0.05, 0.1) is 18.8 Å². The van der Waals surface area contributed by atoms with E-state index in [2.05, 4.69) is 0 Å². The summed E-state index contributed by atoms with van der Waals surface area (Å²) in [4.78, 5) is 15.1. The molecule has 1 aliphatic heterocycles. The zero-order valence-corrected chi connectivity index (χ0v) is 16.2. The third kappa shape index (κ3) is 4.43. The van der Waals surface area contributed by atoms with E-state index < -0.39 is 18.0 Å². The van der Waals surface area contributed by atoms with Crippen LogP contribution in [0.2, 0.25) is 0 Å². The Hall–Kier alpha value is -3.26. The van der Waals surface area contributed by atoms with Gasteiger partial charge in [-0.15, -0.1) is 0 Å². The van der Waals surface area contributed by atoms with E-state index in [9.17, 15) is 9.18 Å². The van der Waals surface area contributed by atoms with Crippen molar-refractivity contribution in [3.05, 3.63) is 65.9 Å². The van der Waals surface area contributed by atoms with Gasteiger partial charge in [0.15, 0.2) is 0 Å². The maximum absolute atomic E-state index is 14.7. The molecule has 2 aromatic rings. The molecule has 3 rings (SSSR count). The fourth-order valence-corrected chi connectivity index (χ4v) is 3.23. The Morgan fingerprint density at radius 2 is 2.07 bits per heavy atom. The van der Waals surface area contributed by atoms with Crippen LogP contribution in [-0.2, 0) is 11.3 Å². The van der Waals surface area contributed by atoms with Crippen LogP contribution < -0.4 is 16.4 Å². The number of anilines is 1. The molecule has 29 heavy (non-hydrogen) atoms. The monoisotopic (exact) mass is 400 g/mol. The summed E-state index contributed by atoms with van der Waals surface area (Å²) in [7, 11) is 0. The van der Waals surface area contributed by atoms with Gasteiger partial charge in [-0.2, -0.15) is 0 Å². The second kappa shape index (κ2) is 8.83. The number of nitrogens with zero attached hydrogens (tertiary/aromatic N) is 2. The Bertz CT molecular complexity index is 901. The van der Waals surface area contributed by atoms with Crippen molar-refractivity contribution in [2.75, 3.05) is 24.6 Å². The van der Waals surface area contributed by atoms with E-state index in [1.165, 1.54) is 17.2 Å². The Morgan fingerprint density at radius 3 is 2.62 bits per heavy atom. The first-order valence-corrected chi connectivity index (χ1v) is 9.37. The van der Waals surface area contributed by atoms with E-state index in [1.807, 2.05) is 36.1 Å². The van der Waals surface area contributed by atoms with Gasteiger partial charge in [0, 0.05) is 24.9 Å². The van der Waals surface area contributed by atoms with Gasteiger partial charge in [0.2, 0.25) is 0 Å². The van der Waals surface area contributed by atoms with Gasteiger partial charge in [0.1, 0.15) is 17.7 Å². The van der Waals surface area contributed by atoms with Gasteiger partial charge in [-0.3, -0.25) is 4.90 Å². The normalized spacial score (nSPS) is 16.8. The van der Waals surface area contributed by atoms with Crippen LogP contribution in [0.5, 0.6) is 0 Å². The number of aliphatic hydroxyl groups excluding tert-OH is 1. The summed E-state index contributed by atoms with van der Waals surface area (Å²) in [5.41, 5.74) is 13.9. The number of hydrogen-bond donors (Lipinski definition) is 3. The number of rotatable bonds is 7. The molecule has 5 N–H and O–H groups in total. The highest BCUT2D eigenvalue weighted by molar-refractivity contribution is 5.90. The van der Waals surface area contributed by atoms with Crippen molar-refractivity contribution in [1.29, 1.82) is 0 Å². The lowest BCUT2D eigenvalue weighted by Crippen LogP contribution is -2.28. The quantitative estimate of drug-likeness (QED) is 0.659. The molecule has 2 aromatic carbocycles. The minimum absolute atomic E-state index is 0.192. The average Bonchev–Trinajstić information content (AvgIpc) is 3.12. The van der Waals surface area contributed by atoms with Gasteiger partial charge in [-0.1, -0.05) is 24.3 Å². The number of cyclic esters (lactones) is 1. The molecule has 0 aromatic heterocycles. The van der Waals surface area contributed by atoms with E-state index in [1.54, 1.807) is 12.1 Å². The lowest BCUT2D eigenvalue weighted by atomic mass is 10.0. The maximum Gasteiger partial charge on any atom is 0.414 e. The fraction of sp³-hybridized carbons (Fsp3) is 0.286. The number of halogens is 1. The molecule has 1 heterocycles. The van der Waals surface area contributed by atoms with Crippen LogP contribution >= 0.6 is 0 Å². The van der Waals surface area contributed by atoms with E-state index >= 15 is 0 Å². The van der Waals surface area contributed by atoms with Crippen LogP contribution in [0.1, 0.15) is 12.5 Å². The zero-order chi connectivity index (χ0) is 21.0. The molecule has 0 aliphatic carbocycles. The van der Waals surface area contributed by atoms with E-state index in [0.717, 1.165) is 11.1 Å². The van der Waals surface area contributed by atoms with Crippen LogP contribution in [0.4, 0.5) is 14.9 Å². The molecule has 1 fully saturated rings. The molecule has 8 heteroatoms. The zero-order valence-electron chi connectivity index (χ0n) is 16.2. The molecule has 0 bridgehead atoms. The second-order valence-electron chi connectivity index (χ2n) is 6.77. The molecule has 1 unspecified atom stereocenters. The van der Waals surface area contributed by atoms with Crippen LogP contribution in [0, 0.1) is 5.82 Å². The van der Waals surface area contributed by atoms with E-state index in [0.29, 0.717) is 30.2 Å². The molecule has 1 atom stereocenters. The summed E-state index contributed by atoms with van der Waals surface area (Å²) in [5, 5.41) is 9.14. The summed E-state index contributed by atoms with van der Waals surface area (Å²) >= 11 is 0. The smallest absolute Gasteiger partial charge is 0.414 e. The summed E-state index contributed by atoms with van der Waals surface area (Å²) in [6.07, 6.45) is 0.184. The largest absolute Gasteiger partial charge is 0.441 e. The molecule has 1 aliphatic rings. The summed E-state index contributed by atoms with van der Waals surface area (Å²) in [6.45, 7) is 3.23. The molecule has 0 radical (unpaired) electrons. The van der Waals surface area contributed by atoms with Crippen molar-refractivity contribution in [2.24, 2.45) is 11.5 Å². The third-order valence-electron chi connectivity index (χ3n) is 4.90. The van der Waals surface area contributed by atoms with Gasteiger partial charge < -0.3 is 26.2 Å². The molecule has 154 valence electrons. The first-order valence-electron chi connectivity index (χ1n) is 9.37. The minimum atomic E-state index is -0.594. The highest BCUT2D eigenvalue weighted by atomic mass is 19.1. The number of nitrogens with two attached hydrogens (primary N) is 2. The van der Waals surface area contributed by atoms with Gasteiger partial charge in [-0.05, 0) is 36.2 Å². The third-order valence-corrected chi connectivity index (χ3v) is 4.90. The van der Waals surface area contributed by atoms with Crippen molar-refractivity contribution in [3.8, 4) is 11.1 Å². The molecule has 0 spiro atoms. The second-order valence-corrected chi connectivity index (χ2v) is 6.77. The summed E-state index contributed by atoms with van der Waals surface area (Å²) in [5.74, 6) is 0.0584. The summed E-state index contributed by atoms with van der Waals surface area (Å²) in [6, 6.07) is 12.1. The number of ether oxygens (including phenoxy) is 1. The predicted octanol–water partition coefficient (Wildman–Crippen LogP) is 2.35. The van der Waals surface area contributed by atoms with E-state index in [-0.39, 0.29) is 13.2 Å². The Kier molecular flexibility index (Phi) is 6.23. The van der Waals surface area contributed by atoms with Crippen molar-refractivity contribution in [2.45, 2.75) is 19.6 Å². The molecule has 0 saturated carbocycles. The van der Waals surface area contributed by atoms with Crippen LogP contribution in [0.15, 0.2) is 54.5 Å². The predicted molar refractivity (Wildman–Crippen MR) is 109 cm³/mol. The Labute approximate surface area is 169 Å². The van der Waals surface area contributed by atoms with Crippen LogP contribution in [-0.4, -0.2) is 41.9 Å². The number of hydrogen-bond acceptors (Lipinski definition) is 6. The number of benzene rings is 2. The van der Waals surface area contributed by atoms with E-state index in [4.69, 9.17) is 21.3 Å². The Morgan fingerprint density at radius 1 is 1.34 bits per heavy atom. The number of carbonyl (C=O) groups is 1. The lowest BCUT2D eigenvalue weighted by molar-refractivity contribution is 0.0963. The SMILES string of the molecule is CCN(Cc1ccc(-c2ccc(N3CC(CO)OC3=O)cc2F)cc1)/C(N)=C/N. The van der Waals surface area contributed by atoms with Crippen LogP contribution in [0.3, 0.4) is 0 Å². The minimum Gasteiger partial charge on any atom is -0.441 e. The highest BCUT2D eigenvalue weighted by Crippen LogP contribution is 2.29. The maximum atomic E-state index is 14.7. The highest BCUT2D eigenvalue weighted by Gasteiger charge is 2.32. The number of aliphatic hydroxyl groups is 1. The van der Waals surface area contributed by atoms with Crippen molar-refractivity contribution in [3.63, 3.8) is 0 Å². The van der Waals surface area contributed by atoms with Gasteiger partial charge >= 0.3 is 6.09 Å². The van der Waals surface area contributed by atoms with Crippen molar-refractivity contribution < 1.29 is 19.0 Å². The van der Waals surface area contributed by atoms with Crippen molar-refractivity contribution >= 4 is 11.8 Å². The fourth-order valence-electron chi connectivity index (χ4n) is 3.23. The molecule has 7 nitrogen and oxygen atoms in total. The average molecular weight is 400 g/mol. The topological polar surface area (TPSA) is 105 Å². The number of carbonyl (C=O) groups excluding carboxylic acids is 1. The molecular weight excluding hydrogens is 375 g/mol. The standard InChI is InChI=1S/C21H25FN4O3/c1-2-25(20(24)10-23)11-14-3-5-15(6-4-14)18-8-7-16(9-19(18)22)26-12-17(13-27)29-21(26)28/h3-10,17,27H,2,11-13,23-24H2,1H3/b20-10+. The lowest BCUT2D eigenvalue weighted by Gasteiger charge is -2.22. The molecular formula is C21H25FN4O3. The van der Waals surface area contributed by atoms with Crippen molar-refractivity contribution in [1.82, 2.24) is 4.90 Å². The van der Waals surface area contributed by atoms with Crippen LogP contribution in [0.25, 0.3) is 11.1 Å². The van der Waals surface area contributed by atoms with Gasteiger partial charge in [0.25, 0.3) is 0 Å². The Balaban J connectivity index is 1.76. The molecule has 1 saturated heterocycles. The van der Waals surface area contributed by atoms with Gasteiger partial charge in [-0.25, -0.2) is 9.18 Å². The first-order chi connectivity index (χ1) is 14.0. The first kappa shape index (κ1) is 20.5.